The van der Waals surface area contributed by atoms with E-state index in [1.54, 1.807) is 14.1 Å². The minimum atomic E-state index is -0.262. The van der Waals surface area contributed by atoms with Gasteiger partial charge >= 0.3 is 29.6 Å². The Bertz CT molecular complexity index is 134. The van der Waals surface area contributed by atoms with Crippen molar-refractivity contribution in [3.8, 4) is 0 Å². The normalized spacial score (nSPS) is 7.50. The minimum absolute atomic E-state index is 0. The molecule has 52 valence electrons. The van der Waals surface area contributed by atoms with Crippen LogP contribution in [-0.2, 0) is 9.59 Å². The van der Waals surface area contributed by atoms with Crippen LogP contribution >= 0.6 is 0 Å². The minimum Gasteiger partial charge on any atom is -0.373 e. The van der Waals surface area contributed by atoms with Gasteiger partial charge in [-0.25, -0.2) is 6.42 Å². The van der Waals surface area contributed by atoms with Gasteiger partial charge in [0.2, 0.25) is 0 Å². The van der Waals surface area contributed by atoms with E-state index in [0.29, 0.717) is 0 Å². The van der Waals surface area contributed by atoms with E-state index in [4.69, 9.17) is 0 Å². The average Bonchev–Trinajstić information content (AvgIpc) is 1.63. The van der Waals surface area contributed by atoms with Crippen LogP contribution < -0.4 is 29.6 Å². The Morgan fingerprint density at radius 2 is 1.70 bits per heavy atom. The molecule has 0 aliphatic heterocycles. The molecular weight excluding hydrogens is 141 g/mol. The molecule has 0 unspecified atom stereocenters. The topological polar surface area (TPSA) is 37.4 Å². The number of nitrogens with zero attached hydrogens (tertiary/aromatic N) is 1. The Labute approximate surface area is 83.1 Å². The molecule has 10 heavy (non-hydrogen) atoms. The van der Waals surface area contributed by atoms with Gasteiger partial charge in [0.1, 0.15) is 0 Å². The molecule has 0 aromatic heterocycles. The van der Waals surface area contributed by atoms with Gasteiger partial charge < -0.3 is 14.5 Å². The van der Waals surface area contributed by atoms with Crippen molar-refractivity contribution in [3.63, 3.8) is 0 Å². The second-order valence-corrected chi connectivity index (χ2v) is 1.99. The summed E-state index contributed by atoms with van der Waals surface area (Å²) >= 11 is 0. The van der Waals surface area contributed by atoms with E-state index >= 15 is 0 Å². The first-order valence-electron chi connectivity index (χ1n) is 2.60. The van der Waals surface area contributed by atoms with Crippen LogP contribution in [0, 0.1) is 6.42 Å². The van der Waals surface area contributed by atoms with Crippen LogP contribution in [0.25, 0.3) is 0 Å². The quantitative estimate of drug-likeness (QED) is 0.238. The fourth-order valence-electron chi connectivity index (χ4n) is 0.303. The molecule has 0 saturated heterocycles. The van der Waals surface area contributed by atoms with E-state index in [1.165, 1.54) is 11.8 Å². The van der Waals surface area contributed by atoms with Crippen molar-refractivity contribution in [2.24, 2.45) is 0 Å². The van der Waals surface area contributed by atoms with Crippen molar-refractivity contribution in [3.05, 3.63) is 6.42 Å². The van der Waals surface area contributed by atoms with Crippen molar-refractivity contribution >= 4 is 11.7 Å². The molecular formula is C6H10NNaO2. The summed E-state index contributed by atoms with van der Waals surface area (Å²) in [5.74, 6) is -0.476. The third-order valence-corrected chi connectivity index (χ3v) is 0.768. The molecule has 0 atom stereocenters. The molecule has 0 bridgehead atoms. The van der Waals surface area contributed by atoms with Crippen LogP contribution in [0.3, 0.4) is 0 Å². The second-order valence-electron chi connectivity index (χ2n) is 1.99. The van der Waals surface area contributed by atoms with Gasteiger partial charge in [-0.3, -0.25) is 0 Å². The number of amides is 1. The van der Waals surface area contributed by atoms with Gasteiger partial charge in [-0.2, -0.15) is 0 Å². The molecule has 0 aromatic rings. The average molecular weight is 151 g/mol. The number of rotatable bonds is 2. The van der Waals surface area contributed by atoms with E-state index in [0.717, 1.165) is 6.42 Å². The summed E-state index contributed by atoms with van der Waals surface area (Å²) in [7, 11) is 3.20. The van der Waals surface area contributed by atoms with Gasteiger partial charge in [0.15, 0.2) is 0 Å². The Morgan fingerprint density at radius 3 is 1.80 bits per heavy atom. The van der Waals surface area contributed by atoms with Crippen LogP contribution in [0.5, 0.6) is 0 Å². The summed E-state index contributed by atoms with van der Waals surface area (Å²) in [6.45, 7) is 1.35. The number of hydrogen-bond acceptors (Lipinski definition) is 2. The first-order chi connectivity index (χ1) is 4.04. The molecule has 0 saturated carbocycles. The second kappa shape index (κ2) is 5.77. The van der Waals surface area contributed by atoms with Crippen molar-refractivity contribution in [1.82, 2.24) is 4.90 Å². The van der Waals surface area contributed by atoms with Crippen LogP contribution in [-0.4, -0.2) is 30.7 Å². The third-order valence-electron chi connectivity index (χ3n) is 0.768. The first-order valence-corrected chi connectivity index (χ1v) is 2.60. The van der Waals surface area contributed by atoms with Crippen LogP contribution in [0.2, 0.25) is 0 Å². The molecule has 0 N–H and O–H groups in total. The van der Waals surface area contributed by atoms with Gasteiger partial charge in [-0.05, 0) is 6.92 Å². The Morgan fingerprint density at radius 1 is 1.30 bits per heavy atom. The first kappa shape index (κ1) is 12.7. The molecule has 0 aliphatic carbocycles. The smallest absolute Gasteiger partial charge is 0.373 e. The fourth-order valence-corrected chi connectivity index (χ4v) is 0.303. The van der Waals surface area contributed by atoms with E-state index < -0.39 is 0 Å². The number of Topliss-reactive ketones (excluding diaryl/α,β-unsaturated/α-hetero) is 1. The van der Waals surface area contributed by atoms with Crippen LogP contribution in [0.1, 0.15) is 6.92 Å². The summed E-state index contributed by atoms with van der Waals surface area (Å²) in [5.41, 5.74) is 0. The molecule has 3 nitrogen and oxygen atoms in total. The largest absolute Gasteiger partial charge is 1.00 e. The van der Waals surface area contributed by atoms with E-state index in [2.05, 4.69) is 0 Å². The number of carbonyl (C=O) groups is 2. The van der Waals surface area contributed by atoms with Crippen molar-refractivity contribution in [2.45, 2.75) is 6.92 Å². The zero-order valence-electron chi connectivity index (χ0n) is 6.84. The molecule has 0 spiro atoms. The predicted molar refractivity (Wildman–Crippen MR) is 33.7 cm³/mol. The Kier molecular flexibility index (Phi) is 7.31. The summed E-state index contributed by atoms with van der Waals surface area (Å²) in [4.78, 5) is 22.2. The third kappa shape index (κ3) is 6.13. The summed E-state index contributed by atoms with van der Waals surface area (Å²) in [6, 6.07) is 0. The summed E-state index contributed by atoms with van der Waals surface area (Å²) in [5, 5.41) is 0. The van der Waals surface area contributed by atoms with Gasteiger partial charge in [0.05, 0.1) is 5.91 Å². The SMILES string of the molecule is CC(=O)[CH-]C(=O)N(C)C.[Na+]. The zero-order valence-corrected chi connectivity index (χ0v) is 8.84. The van der Waals surface area contributed by atoms with Crippen molar-refractivity contribution in [1.29, 1.82) is 0 Å². The summed E-state index contributed by atoms with van der Waals surface area (Å²) < 4.78 is 0. The standard InChI is InChI=1S/C6H10NO2.Na/c1-5(8)4-6(9)7(2)3;/h4H,1-3H3;/q-1;+1. The molecule has 0 rings (SSSR count). The maximum absolute atomic E-state index is 10.6. The number of carbonyl (C=O) groups excluding carboxylic acids is 2. The van der Waals surface area contributed by atoms with E-state index in [-0.39, 0.29) is 41.2 Å². The molecule has 0 heterocycles. The molecule has 4 heteroatoms. The fraction of sp³-hybridized carbons (Fsp3) is 0.500. The molecule has 0 fully saturated rings. The molecule has 0 aliphatic rings. The molecule has 0 radical (unpaired) electrons. The molecule has 1 amide bonds. The van der Waals surface area contributed by atoms with Gasteiger partial charge in [0, 0.05) is 19.9 Å². The Balaban J connectivity index is 0. The predicted octanol–water partition coefficient (Wildman–Crippen LogP) is -3.13. The monoisotopic (exact) mass is 151 g/mol. The number of ketones is 1. The summed E-state index contributed by atoms with van der Waals surface area (Å²) in [6.07, 6.45) is 1.06. The van der Waals surface area contributed by atoms with Gasteiger partial charge in [-0.1, -0.05) is 0 Å². The van der Waals surface area contributed by atoms with Crippen molar-refractivity contribution in [2.75, 3.05) is 14.1 Å². The van der Waals surface area contributed by atoms with Crippen LogP contribution in [0.4, 0.5) is 0 Å². The Hall–Kier alpha value is 0.0100. The van der Waals surface area contributed by atoms with E-state index in [1.807, 2.05) is 0 Å². The van der Waals surface area contributed by atoms with Gasteiger partial charge in [-0.15, -0.1) is 0 Å². The zero-order chi connectivity index (χ0) is 7.44. The van der Waals surface area contributed by atoms with Crippen molar-refractivity contribution < 1.29 is 39.1 Å². The number of hydrogen-bond donors (Lipinski definition) is 0. The van der Waals surface area contributed by atoms with E-state index in [9.17, 15) is 9.59 Å². The van der Waals surface area contributed by atoms with Crippen LogP contribution in [0.15, 0.2) is 0 Å². The van der Waals surface area contributed by atoms with Gasteiger partial charge in [0.25, 0.3) is 0 Å². The maximum atomic E-state index is 10.6. The maximum Gasteiger partial charge on any atom is 1.00 e. The molecule has 0 aromatic carbocycles.